The first-order valence-corrected chi connectivity index (χ1v) is 13.4. The summed E-state index contributed by atoms with van der Waals surface area (Å²) >= 11 is 0. The lowest BCUT2D eigenvalue weighted by Gasteiger charge is -2.25. The highest BCUT2D eigenvalue weighted by molar-refractivity contribution is 6.15. The molecule has 2 unspecified atom stereocenters. The number of hydrogen-bond acceptors (Lipinski definition) is 7. The summed E-state index contributed by atoms with van der Waals surface area (Å²) in [6.07, 6.45) is 6.24. The topological polar surface area (TPSA) is 140 Å². The number of carbonyl (C=O) groups is 5. The fourth-order valence-corrected chi connectivity index (χ4v) is 4.89. The van der Waals surface area contributed by atoms with E-state index < -0.39 is 35.5 Å². The monoisotopic (exact) mass is 547 g/mol. The number of hydrogen-bond donors (Lipinski definition) is 3. The smallest absolute Gasteiger partial charge is 0.244 e. The molecular formula is C30H33N3O7. The van der Waals surface area contributed by atoms with Crippen molar-refractivity contribution in [1.82, 2.24) is 16.0 Å². The van der Waals surface area contributed by atoms with Crippen LogP contribution < -0.4 is 25.4 Å². The Morgan fingerprint density at radius 3 is 2.30 bits per heavy atom. The molecule has 4 amide bonds. The van der Waals surface area contributed by atoms with E-state index in [0.29, 0.717) is 11.5 Å². The molecule has 1 saturated carbocycles. The zero-order valence-corrected chi connectivity index (χ0v) is 22.1. The van der Waals surface area contributed by atoms with Gasteiger partial charge in [0.05, 0.1) is 6.04 Å². The highest BCUT2D eigenvalue weighted by Gasteiger charge is 2.42. The first-order valence-electron chi connectivity index (χ1n) is 13.4. The quantitative estimate of drug-likeness (QED) is 0.249. The number of ketones is 1. The summed E-state index contributed by atoms with van der Waals surface area (Å²) in [5, 5.41) is 7.54. The molecule has 3 aliphatic rings. The first-order chi connectivity index (χ1) is 19.4. The van der Waals surface area contributed by atoms with Crippen LogP contribution in [0.1, 0.15) is 44.1 Å². The van der Waals surface area contributed by atoms with Crippen molar-refractivity contribution in [2.24, 2.45) is 11.8 Å². The van der Waals surface area contributed by atoms with Crippen LogP contribution in [-0.4, -0.2) is 48.8 Å². The molecule has 3 N–H and O–H groups in total. The molecule has 10 heteroatoms. The largest absolute Gasteiger partial charge is 0.454 e. The Hall–Kier alpha value is -4.47. The van der Waals surface area contributed by atoms with Gasteiger partial charge in [-0.05, 0) is 42.5 Å². The van der Waals surface area contributed by atoms with Gasteiger partial charge in [0.1, 0.15) is 5.92 Å². The van der Waals surface area contributed by atoms with Crippen LogP contribution >= 0.6 is 0 Å². The molecule has 1 saturated heterocycles. The van der Waals surface area contributed by atoms with Gasteiger partial charge in [0.2, 0.25) is 30.4 Å². The Balaban J connectivity index is 0.000000546. The van der Waals surface area contributed by atoms with Gasteiger partial charge in [0.25, 0.3) is 0 Å². The zero-order chi connectivity index (χ0) is 28.3. The van der Waals surface area contributed by atoms with Crippen molar-refractivity contribution in [3.05, 3.63) is 66.2 Å². The summed E-state index contributed by atoms with van der Waals surface area (Å²) in [6, 6.07) is 16.5. The van der Waals surface area contributed by atoms with Gasteiger partial charge in [0, 0.05) is 25.5 Å². The first kappa shape index (κ1) is 28.5. The maximum absolute atomic E-state index is 13.0. The summed E-state index contributed by atoms with van der Waals surface area (Å²) in [4.78, 5) is 61.1. The highest BCUT2D eigenvalue weighted by Crippen LogP contribution is 2.33. The molecule has 2 heterocycles. The number of carbonyl (C=O) groups excluding carboxylic acids is 5. The lowest BCUT2D eigenvalue weighted by atomic mass is 9.87. The Morgan fingerprint density at radius 1 is 0.975 bits per heavy atom. The minimum Gasteiger partial charge on any atom is -0.454 e. The normalized spacial score (nSPS) is 18.6. The summed E-state index contributed by atoms with van der Waals surface area (Å²) in [6.45, 7) is 0.258. The number of benzene rings is 2. The molecule has 0 radical (unpaired) electrons. The van der Waals surface area contributed by atoms with Gasteiger partial charge in [-0.25, -0.2) is 0 Å². The van der Waals surface area contributed by atoms with Gasteiger partial charge in [0.15, 0.2) is 17.3 Å². The second-order valence-corrected chi connectivity index (χ2v) is 9.80. The van der Waals surface area contributed by atoms with Gasteiger partial charge in [-0.2, -0.15) is 0 Å². The minimum absolute atomic E-state index is 0.0180. The van der Waals surface area contributed by atoms with Crippen molar-refractivity contribution in [3.8, 4) is 11.5 Å². The molecule has 210 valence electrons. The van der Waals surface area contributed by atoms with E-state index in [-0.39, 0.29) is 38.0 Å². The van der Waals surface area contributed by atoms with E-state index in [0.717, 1.165) is 31.2 Å². The van der Waals surface area contributed by atoms with Gasteiger partial charge >= 0.3 is 0 Å². The molecular weight excluding hydrogens is 514 g/mol. The van der Waals surface area contributed by atoms with E-state index in [4.69, 9.17) is 9.47 Å². The van der Waals surface area contributed by atoms with Crippen LogP contribution in [0.2, 0.25) is 0 Å². The van der Waals surface area contributed by atoms with Crippen molar-refractivity contribution in [3.63, 3.8) is 0 Å². The van der Waals surface area contributed by atoms with Crippen LogP contribution in [0.3, 0.4) is 0 Å². The Bertz CT molecular complexity index is 1230. The van der Waals surface area contributed by atoms with Crippen LogP contribution in [0.5, 0.6) is 11.5 Å². The third kappa shape index (κ3) is 8.02. The Morgan fingerprint density at radius 2 is 1.65 bits per heavy atom. The average molecular weight is 548 g/mol. The van der Waals surface area contributed by atoms with Gasteiger partial charge < -0.3 is 20.1 Å². The Kier molecular flexibility index (Phi) is 10.0. The zero-order valence-electron chi connectivity index (χ0n) is 22.1. The molecule has 2 aromatic rings. The maximum atomic E-state index is 13.0. The van der Waals surface area contributed by atoms with Crippen LogP contribution in [0.4, 0.5) is 0 Å². The van der Waals surface area contributed by atoms with E-state index in [9.17, 15) is 24.0 Å². The predicted molar refractivity (Wildman–Crippen MR) is 146 cm³/mol. The second-order valence-electron chi connectivity index (χ2n) is 9.80. The van der Waals surface area contributed by atoms with E-state index in [1.807, 2.05) is 36.4 Å². The van der Waals surface area contributed by atoms with Crippen LogP contribution in [0.25, 0.3) is 6.08 Å². The molecule has 5 rings (SSSR count). The van der Waals surface area contributed by atoms with Crippen LogP contribution in [0, 0.1) is 11.8 Å². The van der Waals surface area contributed by atoms with Gasteiger partial charge in [-0.3, -0.25) is 29.3 Å². The van der Waals surface area contributed by atoms with E-state index in [1.165, 1.54) is 6.08 Å². The van der Waals surface area contributed by atoms with Crippen molar-refractivity contribution in [2.45, 2.75) is 44.6 Å². The lowest BCUT2D eigenvalue weighted by molar-refractivity contribution is -0.136. The van der Waals surface area contributed by atoms with E-state index >= 15 is 0 Å². The molecule has 2 aliphatic heterocycles. The van der Waals surface area contributed by atoms with Crippen molar-refractivity contribution >= 4 is 35.5 Å². The molecule has 2 aromatic carbocycles. The maximum Gasteiger partial charge on any atom is 0.244 e. The summed E-state index contributed by atoms with van der Waals surface area (Å²) in [5.41, 5.74) is 0.768. The number of ether oxygens (including phenoxy) is 2. The van der Waals surface area contributed by atoms with Crippen molar-refractivity contribution in [1.29, 1.82) is 0 Å². The van der Waals surface area contributed by atoms with Crippen LogP contribution in [0.15, 0.2) is 60.7 Å². The van der Waals surface area contributed by atoms with E-state index in [2.05, 4.69) is 16.0 Å². The van der Waals surface area contributed by atoms with Crippen molar-refractivity contribution < 1.29 is 33.4 Å². The SMILES string of the molecule is O=C(/C=C/c1ccc2c(c1)OCO2)NCCC(=O)NC(C(=O)C1CC(=O)NC1=O)C1CCCC1.c1ccccc1. The lowest BCUT2D eigenvalue weighted by Crippen LogP contribution is -2.49. The number of amides is 4. The molecule has 2 fully saturated rings. The number of Topliss-reactive ketones (excluding diaryl/α,β-unsaturated/α-hetero) is 1. The third-order valence-electron chi connectivity index (χ3n) is 6.95. The summed E-state index contributed by atoms with van der Waals surface area (Å²) in [5.74, 6) is -2.10. The molecule has 40 heavy (non-hydrogen) atoms. The molecule has 0 bridgehead atoms. The standard InChI is InChI=1S/C24H27N3O7.C6H6/c28-19(8-6-14-5-7-17-18(11-14)34-13-33-17)25-10-9-20(29)26-22(15-3-1-2-4-15)23(31)16-12-21(30)27-24(16)32;1-2-4-6-5-3-1/h5-8,11,15-16,22H,1-4,9-10,12-13H2,(H,25,28)(H,26,29)(H,27,30,32);1-6H/b8-6+;. The number of fused-ring (bicyclic) bond motifs is 1. The van der Waals surface area contributed by atoms with Gasteiger partial charge in [-0.1, -0.05) is 55.3 Å². The predicted octanol–water partition coefficient (Wildman–Crippen LogP) is 2.53. The molecule has 0 spiro atoms. The average Bonchev–Trinajstić information content (AvgIpc) is 3.73. The molecule has 10 nitrogen and oxygen atoms in total. The fraction of sp³-hybridized carbons (Fsp3) is 0.367. The van der Waals surface area contributed by atoms with Crippen molar-refractivity contribution in [2.75, 3.05) is 13.3 Å². The Labute approximate surface area is 232 Å². The fourth-order valence-electron chi connectivity index (χ4n) is 4.89. The minimum atomic E-state index is -1.06. The van der Waals surface area contributed by atoms with Gasteiger partial charge in [-0.15, -0.1) is 0 Å². The summed E-state index contributed by atoms with van der Waals surface area (Å²) < 4.78 is 10.6. The number of rotatable bonds is 9. The molecule has 0 aromatic heterocycles. The summed E-state index contributed by atoms with van der Waals surface area (Å²) in [7, 11) is 0. The number of imide groups is 1. The highest BCUT2D eigenvalue weighted by atomic mass is 16.7. The molecule has 1 aliphatic carbocycles. The number of nitrogens with one attached hydrogen (secondary N) is 3. The third-order valence-corrected chi connectivity index (χ3v) is 6.95. The second kappa shape index (κ2) is 14.1. The molecule has 2 atom stereocenters. The van der Waals surface area contributed by atoms with E-state index in [1.54, 1.807) is 24.3 Å². The van der Waals surface area contributed by atoms with Crippen LogP contribution in [-0.2, 0) is 24.0 Å².